The lowest BCUT2D eigenvalue weighted by Gasteiger charge is -2.10. The Morgan fingerprint density at radius 3 is 3.06 bits per heavy atom. The SMILES string of the molecule is Fc1ccc(CCNC2CCOC2)c(Cl)c1. The van der Waals surface area contributed by atoms with Gasteiger partial charge < -0.3 is 10.1 Å². The van der Waals surface area contributed by atoms with E-state index >= 15 is 0 Å². The Bertz CT molecular complexity index is 353. The predicted octanol–water partition coefficient (Wildman–Crippen LogP) is 2.40. The zero-order valence-corrected chi connectivity index (χ0v) is 9.77. The molecule has 0 aliphatic carbocycles. The maximum absolute atomic E-state index is 12.8. The summed E-state index contributed by atoms with van der Waals surface area (Å²) < 4.78 is 18.1. The van der Waals surface area contributed by atoms with E-state index in [4.69, 9.17) is 16.3 Å². The first-order valence-corrected chi connectivity index (χ1v) is 5.88. The third-order valence-corrected chi connectivity index (χ3v) is 3.12. The molecule has 1 aromatic rings. The predicted molar refractivity (Wildman–Crippen MR) is 62.3 cm³/mol. The third kappa shape index (κ3) is 3.17. The van der Waals surface area contributed by atoms with Gasteiger partial charge in [0.1, 0.15) is 5.82 Å². The largest absolute Gasteiger partial charge is 0.380 e. The molecule has 0 spiro atoms. The highest BCUT2D eigenvalue weighted by Crippen LogP contribution is 2.17. The van der Waals surface area contributed by atoms with Crippen LogP contribution in [0.15, 0.2) is 18.2 Å². The van der Waals surface area contributed by atoms with E-state index in [0.29, 0.717) is 11.1 Å². The van der Waals surface area contributed by atoms with E-state index < -0.39 is 0 Å². The number of hydrogen-bond donors (Lipinski definition) is 1. The van der Waals surface area contributed by atoms with E-state index in [0.717, 1.165) is 38.2 Å². The van der Waals surface area contributed by atoms with Crippen LogP contribution in [0.5, 0.6) is 0 Å². The third-order valence-electron chi connectivity index (χ3n) is 2.77. The van der Waals surface area contributed by atoms with Crippen molar-refractivity contribution >= 4 is 11.6 Å². The van der Waals surface area contributed by atoms with E-state index in [1.54, 1.807) is 6.07 Å². The van der Waals surface area contributed by atoms with Crippen molar-refractivity contribution in [2.75, 3.05) is 19.8 Å². The lowest BCUT2D eigenvalue weighted by atomic mass is 10.1. The van der Waals surface area contributed by atoms with Crippen LogP contribution in [-0.4, -0.2) is 25.8 Å². The molecule has 1 aliphatic rings. The standard InChI is InChI=1S/C12H15ClFNO/c13-12-7-10(14)2-1-9(12)3-5-15-11-4-6-16-8-11/h1-2,7,11,15H,3-6,8H2. The molecule has 1 N–H and O–H groups in total. The van der Waals surface area contributed by atoms with Crippen LogP contribution in [0.4, 0.5) is 4.39 Å². The number of hydrogen-bond acceptors (Lipinski definition) is 2. The molecule has 0 aromatic heterocycles. The van der Waals surface area contributed by atoms with Gasteiger partial charge in [0, 0.05) is 17.7 Å². The Labute approximate surface area is 99.7 Å². The lowest BCUT2D eigenvalue weighted by molar-refractivity contribution is 0.190. The minimum absolute atomic E-state index is 0.286. The van der Waals surface area contributed by atoms with Gasteiger partial charge >= 0.3 is 0 Å². The van der Waals surface area contributed by atoms with Crippen molar-refractivity contribution in [3.8, 4) is 0 Å². The molecule has 0 bridgehead atoms. The molecule has 0 amide bonds. The highest BCUT2D eigenvalue weighted by Gasteiger charge is 2.14. The number of ether oxygens (including phenoxy) is 1. The summed E-state index contributed by atoms with van der Waals surface area (Å²) in [6.45, 7) is 2.48. The minimum atomic E-state index is -0.286. The van der Waals surface area contributed by atoms with E-state index in [9.17, 15) is 4.39 Å². The van der Waals surface area contributed by atoms with E-state index in [1.165, 1.54) is 12.1 Å². The molecule has 1 atom stereocenters. The molecule has 1 fully saturated rings. The normalized spacial score (nSPS) is 20.2. The first kappa shape index (κ1) is 11.8. The molecule has 0 saturated carbocycles. The second-order valence-corrected chi connectivity index (χ2v) is 4.41. The number of rotatable bonds is 4. The minimum Gasteiger partial charge on any atom is -0.380 e. The number of benzene rings is 1. The Morgan fingerprint density at radius 1 is 1.50 bits per heavy atom. The van der Waals surface area contributed by atoms with Gasteiger partial charge in [0.15, 0.2) is 0 Å². The molecule has 88 valence electrons. The highest BCUT2D eigenvalue weighted by molar-refractivity contribution is 6.31. The van der Waals surface area contributed by atoms with Gasteiger partial charge in [0.25, 0.3) is 0 Å². The van der Waals surface area contributed by atoms with Gasteiger partial charge in [-0.05, 0) is 37.1 Å². The molecule has 1 aliphatic heterocycles. The van der Waals surface area contributed by atoms with Crippen LogP contribution < -0.4 is 5.32 Å². The molecule has 1 heterocycles. The van der Waals surface area contributed by atoms with Crippen molar-refractivity contribution in [3.05, 3.63) is 34.6 Å². The van der Waals surface area contributed by atoms with Crippen molar-refractivity contribution in [1.82, 2.24) is 5.32 Å². The van der Waals surface area contributed by atoms with Crippen LogP contribution in [0.3, 0.4) is 0 Å². The van der Waals surface area contributed by atoms with E-state index in [2.05, 4.69) is 5.32 Å². The smallest absolute Gasteiger partial charge is 0.124 e. The molecular weight excluding hydrogens is 229 g/mol. The summed E-state index contributed by atoms with van der Waals surface area (Å²) in [5.41, 5.74) is 0.981. The topological polar surface area (TPSA) is 21.3 Å². The first-order valence-electron chi connectivity index (χ1n) is 5.51. The Morgan fingerprint density at radius 2 is 2.38 bits per heavy atom. The average molecular weight is 244 g/mol. The molecule has 16 heavy (non-hydrogen) atoms. The number of halogens is 2. The number of nitrogens with one attached hydrogen (secondary N) is 1. The van der Waals surface area contributed by atoms with E-state index in [1.807, 2.05) is 0 Å². The second-order valence-electron chi connectivity index (χ2n) is 4.00. The zero-order valence-electron chi connectivity index (χ0n) is 9.01. The van der Waals surface area contributed by atoms with Crippen molar-refractivity contribution < 1.29 is 9.13 Å². The summed E-state index contributed by atoms with van der Waals surface area (Å²) in [6, 6.07) is 5.00. The summed E-state index contributed by atoms with van der Waals surface area (Å²) >= 11 is 5.93. The quantitative estimate of drug-likeness (QED) is 0.877. The van der Waals surface area contributed by atoms with Crippen molar-refractivity contribution in [1.29, 1.82) is 0 Å². The van der Waals surface area contributed by atoms with E-state index in [-0.39, 0.29) is 5.82 Å². The van der Waals surface area contributed by atoms with Crippen LogP contribution in [0.1, 0.15) is 12.0 Å². The van der Waals surface area contributed by atoms with Crippen molar-refractivity contribution in [2.24, 2.45) is 0 Å². The summed E-state index contributed by atoms with van der Waals surface area (Å²) in [6.07, 6.45) is 1.88. The van der Waals surface area contributed by atoms with Gasteiger partial charge in [-0.3, -0.25) is 0 Å². The maximum atomic E-state index is 12.8. The van der Waals surface area contributed by atoms with Gasteiger partial charge in [0.2, 0.25) is 0 Å². The van der Waals surface area contributed by atoms with Crippen LogP contribution in [-0.2, 0) is 11.2 Å². The summed E-state index contributed by atoms with van der Waals surface area (Å²) in [7, 11) is 0. The molecule has 1 unspecified atom stereocenters. The van der Waals surface area contributed by atoms with Crippen molar-refractivity contribution in [2.45, 2.75) is 18.9 Å². The van der Waals surface area contributed by atoms with Crippen LogP contribution in [0.25, 0.3) is 0 Å². The van der Waals surface area contributed by atoms with Gasteiger partial charge in [-0.25, -0.2) is 4.39 Å². The molecule has 2 nitrogen and oxygen atoms in total. The van der Waals surface area contributed by atoms with Gasteiger partial charge in [-0.15, -0.1) is 0 Å². The summed E-state index contributed by atoms with van der Waals surface area (Å²) in [5, 5.41) is 3.90. The molecular formula is C12H15ClFNO. The van der Waals surface area contributed by atoms with Crippen LogP contribution in [0.2, 0.25) is 5.02 Å². The molecule has 0 radical (unpaired) electrons. The Hall–Kier alpha value is -0.640. The molecule has 1 saturated heterocycles. The van der Waals surface area contributed by atoms with Crippen LogP contribution >= 0.6 is 11.6 Å². The highest BCUT2D eigenvalue weighted by atomic mass is 35.5. The monoisotopic (exact) mass is 243 g/mol. The Kier molecular flexibility index (Phi) is 4.16. The van der Waals surface area contributed by atoms with Crippen molar-refractivity contribution in [3.63, 3.8) is 0 Å². The zero-order chi connectivity index (χ0) is 11.4. The second kappa shape index (κ2) is 5.62. The van der Waals surface area contributed by atoms with Gasteiger partial charge in [0.05, 0.1) is 6.61 Å². The van der Waals surface area contributed by atoms with Gasteiger partial charge in [-0.1, -0.05) is 17.7 Å². The maximum Gasteiger partial charge on any atom is 0.124 e. The van der Waals surface area contributed by atoms with Crippen LogP contribution in [0, 0.1) is 5.82 Å². The average Bonchev–Trinajstić information content (AvgIpc) is 2.74. The molecule has 1 aromatic carbocycles. The Balaban J connectivity index is 1.80. The first-order chi connectivity index (χ1) is 7.75. The molecule has 4 heteroatoms. The fourth-order valence-corrected chi connectivity index (χ4v) is 2.09. The fourth-order valence-electron chi connectivity index (χ4n) is 1.83. The fraction of sp³-hybridized carbons (Fsp3) is 0.500. The van der Waals surface area contributed by atoms with Gasteiger partial charge in [-0.2, -0.15) is 0 Å². The lowest BCUT2D eigenvalue weighted by Crippen LogP contribution is -2.30. The summed E-state index contributed by atoms with van der Waals surface area (Å²) in [4.78, 5) is 0. The summed E-state index contributed by atoms with van der Waals surface area (Å²) in [5.74, 6) is -0.286. The molecule has 2 rings (SSSR count).